The summed E-state index contributed by atoms with van der Waals surface area (Å²) in [6.07, 6.45) is 0.410. The average molecular weight is 245 g/mol. The van der Waals surface area contributed by atoms with Crippen LogP contribution in [0.1, 0.15) is 18.9 Å². The third-order valence-corrected chi connectivity index (χ3v) is 2.98. The van der Waals surface area contributed by atoms with Gasteiger partial charge in [-0.05, 0) is 17.3 Å². The SMILES string of the molecule is CC1CC(=O)NN=C1c1ccc2nnn(O)c2c1. The number of rotatable bonds is 1. The Labute approximate surface area is 102 Å². The van der Waals surface area contributed by atoms with Crippen LogP contribution in [0, 0.1) is 5.92 Å². The molecule has 1 aromatic carbocycles. The summed E-state index contributed by atoms with van der Waals surface area (Å²) in [5.74, 6) is -0.0413. The van der Waals surface area contributed by atoms with Crippen molar-refractivity contribution in [1.82, 2.24) is 20.6 Å². The van der Waals surface area contributed by atoms with Gasteiger partial charge in [0.1, 0.15) is 11.0 Å². The van der Waals surface area contributed by atoms with E-state index in [1.54, 1.807) is 12.1 Å². The topological polar surface area (TPSA) is 92.4 Å². The first kappa shape index (κ1) is 10.7. The highest BCUT2D eigenvalue weighted by Crippen LogP contribution is 2.19. The summed E-state index contributed by atoms with van der Waals surface area (Å²) in [6, 6.07) is 5.36. The van der Waals surface area contributed by atoms with Crippen LogP contribution in [0.2, 0.25) is 0 Å². The number of fused-ring (bicyclic) bond motifs is 1. The Morgan fingerprint density at radius 2 is 2.33 bits per heavy atom. The molecule has 1 aromatic heterocycles. The summed E-state index contributed by atoms with van der Waals surface area (Å²) in [5, 5.41) is 20.9. The van der Waals surface area contributed by atoms with E-state index in [1.807, 2.05) is 13.0 Å². The van der Waals surface area contributed by atoms with Crippen molar-refractivity contribution in [3.05, 3.63) is 23.8 Å². The van der Waals surface area contributed by atoms with Gasteiger partial charge < -0.3 is 5.21 Å². The maximum atomic E-state index is 11.2. The lowest BCUT2D eigenvalue weighted by Crippen LogP contribution is -2.31. The van der Waals surface area contributed by atoms with Gasteiger partial charge >= 0.3 is 0 Å². The molecule has 1 aliphatic rings. The molecule has 0 spiro atoms. The van der Waals surface area contributed by atoms with Crippen LogP contribution in [-0.2, 0) is 4.79 Å². The molecule has 92 valence electrons. The minimum atomic E-state index is -0.0822. The number of nitrogens with one attached hydrogen (secondary N) is 1. The van der Waals surface area contributed by atoms with Gasteiger partial charge in [0.15, 0.2) is 0 Å². The molecular formula is C11H11N5O2. The van der Waals surface area contributed by atoms with E-state index in [4.69, 9.17) is 0 Å². The molecule has 7 heteroatoms. The number of carbonyl (C=O) groups is 1. The number of amides is 1. The van der Waals surface area contributed by atoms with Gasteiger partial charge in [0.25, 0.3) is 0 Å². The molecule has 3 rings (SSSR count). The van der Waals surface area contributed by atoms with Crippen LogP contribution in [0.15, 0.2) is 23.3 Å². The van der Waals surface area contributed by atoms with E-state index >= 15 is 0 Å². The van der Waals surface area contributed by atoms with E-state index in [2.05, 4.69) is 20.8 Å². The molecule has 0 saturated carbocycles. The molecule has 1 amide bonds. The molecule has 1 aliphatic heterocycles. The standard InChI is InChI=1S/C11H11N5O2/c1-6-4-10(17)13-14-11(6)7-2-3-8-9(5-7)16(18)15-12-8/h2-3,5-6,18H,4H2,1H3,(H,13,17). The molecule has 0 fully saturated rings. The second kappa shape index (κ2) is 3.80. The van der Waals surface area contributed by atoms with Crippen LogP contribution in [-0.4, -0.2) is 32.0 Å². The van der Waals surface area contributed by atoms with Crippen LogP contribution in [0.5, 0.6) is 0 Å². The number of carbonyl (C=O) groups excluding carboxylic acids is 1. The number of benzene rings is 1. The van der Waals surface area contributed by atoms with Gasteiger partial charge in [0, 0.05) is 17.9 Å². The first-order valence-corrected chi connectivity index (χ1v) is 5.56. The lowest BCUT2D eigenvalue weighted by Gasteiger charge is -2.18. The summed E-state index contributed by atoms with van der Waals surface area (Å²) in [5.41, 5.74) is 5.21. The first-order valence-electron chi connectivity index (χ1n) is 5.56. The lowest BCUT2D eigenvalue weighted by atomic mass is 9.94. The Morgan fingerprint density at radius 1 is 1.50 bits per heavy atom. The van der Waals surface area contributed by atoms with E-state index in [0.717, 1.165) is 16.1 Å². The average Bonchev–Trinajstić information content (AvgIpc) is 2.71. The minimum Gasteiger partial charge on any atom is -0.410 e. The smallest absolute Gasteiger partial charge is 0.240 e. The molecule has 0 aliphatic carbocycles. The monoisotopic (exact) mass is 245 g/mol. The molecule has 7 nitrogen and oxygen atoms in total. The number of hydrogen-bond acceptors (Lipinski definition) is 5. The normalized spacial score (nSPS) is 19.7. The zero-order valence-corrected chi connectivity index (χ0v) is 9.66. The van der Waals surface area contributed by atoms with Gasteiger partial charge in [-0.3, -0.25) is 4.79 Å². The highest BCUT2D eigenvalue weighted by atomic mass is 16.5. The third kappa shape index (κ3) is 1.60. The van der Waals surface area contributed by atoms with E-state index < -0.39 is 0 Å². The number of aromatic nitrogens is 3. The van der Waals surface area contributed by atoms with E-state index in [-0.39, 0.29) is 11.8 Å². The van der Waals surface area contributed by atoms with Gasteiger partial charge in [-0.2, -0.15) is 5.10 Å². The maximum absolute atomic E-state index is 11.2. The molecule has 1 unspecified atom stereocenters. The highest BCUT2D eigenvalue weighted by molar-refractivity contribution is 6.07. The molecule has 0 saturated heterocycles. The van der Waals surface area contributed by atoms with Crippen molar-refractivity contribution < 1.29 is 10.0 Å². The number of hydrogen-bond donors (Lipinski definition) is 2. The van der Waals surface area contributed by atoms with Crippen molar-refractivity contribution in [2.24, 2.45) is 11.0 Å². The minimum absolute atomic E-state index is 0.0409. The number of hydrazone groups is 1. The van der Waals surface area contributed by atoms with Crippen molar-refractivity contribution in [2.45, 2.75) is 13.3 Å². The Bertz CT molecular complexity index is 660. The third-order valence-electron chi connectivity index (χ3n) is 2.98. The Balaban J connectivity index is 2.09. The van der Waals surface area contributed by atoms with Gasteiger partial charge in [-0.1, -0.05) is 17.8 Å². The van der Waals surface area contributed by atoms with Gasteiger partial charge in [-0.25, -0.2) is 5.43 Å². The van der Waals surface area contributed by atoms with Crippen LogP contribution in [0.25, 0.3) is 11.0 Å². The summed E-state index contributed by atoms with van der Waals surface area (Å²) < 4.78 is 0. The molecule has 18 heavy (non-hydrogen) atoms. The van der Waals surface area contributed by atoms with Gasteiger partial charge in [0.05, 0.1) is 5.71 Å². The van der Waals surface area contributed by atoms with Crippen molar-refractivity contribution >= 4 is 22.7 Å². The van der Waals surface area contributed by atoms with Crippen molar-refractivity contribution in [3.63, 3.8) is 0 Å². The Kier molecular flexibility index (Phi) is 2.26. The molecule has 0 radical (unpaired) electrons. The summed E-state index contributed by atoms with van der Waals surface area (Å²) >= 11 is 0. The van der Waals surface area contributed by atoms with Crippen molar-refractivity contribution in [1.29, 1.82) is 0 Å². The second-order valence-corrected chi connectivity index (χ2v) is 4.32. The molecule has 2 heterocycles. The summed E-state index contributed by atoms with van der Waals surface area (Å²) in [4.78, 5) is 11.9. The molecular weight excluding hydrogens is 234 g/mol. The first-order chi connectivity index (χ1) is 8.65. The zero-order chi connectivity index (χ0) is 12.7. The fourth-order valence-electron chi connectivity index (χ4n) is 2.07. The predicted octanol–water partition coefficient (Wildman–Crippen LogP) is 0.529. The lowest BCUT2D eigenvalue weighted by molar-refractivity contribution is -0.121. The number of nitrogens with zero attached hydrogens (tertiary/aromatic N) is 4. The summed E-state index contributed by atoms with van der Waals surface area (Å²) in [6.45, 7) is 1.94. The fraction of sp³-hybridized carbons (Fsp3) is 0.273. The zero-order valence-electron chi connectivity index (χ0n) is 9.66. The van der Waals surface area contributed by atoms with E-state index in [1.165, 1.54) is 0 Å². The quantitative estimate of drug-likeness (QED) is 0.717. The molecule has 2 aromatic rings. The van der Waals surface area contributed by atoms with Crippen LogP contribution < -0.4 is 5.43 Å². The van der Waals surface area contributed by atoms with Gasteiger partial charge in [0.2, 0.25) is 5.91 Å². The second-order valence-electron chi connectivity index (χ2n) is 4.32. The highest BCUT2D eigenvalue weighted by Gasteiger charge is 2.22. The largest absolute Gasteiger partial charge is 0.410 e. The molecule has 0 bridgehead atoms. The van der Waals surface area contributed by atoms with Crippen LogP contribution in [0.4, 0.5) is 0 Å². The Morgan fingerprint density at radius 3 is 3.11 bits per heavy atom. The van der Waals surface area contributed by atoms with Crippen molar-refractivity contribution in [3.8, 4) is 0 Å². The predicted molar refractivity (Wildman–Crippen MR) is 63.2 cm³/mol. The molecule has 1 atom stereocenters. The van der Waals surface area contributed by atoms with Crippen LogP contribution >= 0.6 is 0 Å². The fourth-order valence-corrected chi connectivity index (χ4v) is 2.07. The van der Waals surface area contributed by atoms with Gasteiger partial charge in [-0.15, -0.1) is 5.10 Å². The summed E-state index contributed by atoms with van der Waals surface area (Å²) in [7, 11) is 0. The Hall–Kier alpha value is -2.44. The maximum Gasteiger partial charge on any atom is 0.240 e. The van der Waals surface area contributed by atoms with Crippen molar-refractivity contribution in [2.75, 3.05) is 0 Å². The van der Waals surface area contributed by atoms with Crippen LogP contribution in [0.3, 0.4) is 0 Å². The van der Waals surface area contributed by atoms with E-state index in [9.17, 15) is 10.0 Å². The molecule has 2 N–H and O–H groups in total. The van der Waals surface area contributed by atoms with E-state index in [0.29, 0.717) is 17.5 Å².